The van der Waals surface area contributed by atoms with Crippen LogP contribution in [0.15, 0.2) is 42.5 Å². The first-order valence-corrected chi connectivity index (χ1v) is 15.3. The van der Waals surface area contributed by atoms with Crippen molar-refractivity contribution in [2.75, 3.05) is 23.8 Å². The summed E-state index contributed by atoms with van der Waals surface area (Å²) in [5, 5.41) is 2.75. The molecule has 1 heterocycles. The number of ether oxygens (including phenoxy) is 1. The Hall–Kier alpha value is -2.26. The molecule has 4 nitrogen and oxygen atoms in total. The van der Waals surface area contributed by atoms with Crippen LogP contribution in [0.2, 0.25) is 0 Å². The van der Waals surface area contributed by atoms with Crippen LogP contribution >= 0.6 is 7.26 Å². The number of nitrogens with one attached hydrogen (secondary N) is 1. The van der Waals surface area contributed by atoms with Gasteiger partial charge in [0, 0.05) is 0 Å². The third-order valence-corrected chi connectivity index (χ3v) is 14.5. The zero-order valence-electron chi connectivity index (χ0n) is 20.4. The Kier molecular flexibility index (Phi) is 7.72. The number of amides is 1. The van der Waals surface area contributed by atoms with Crippen molar-refractivity contribution in [3.8, 4) is 0 Å². The van der Waals surface area contributed by atoms with E-state index in [0.717, 1.165) is 61.1 Å². The number of hydrogen-bond donors (Lipinski definition) is 1. The molecule has 2 fully saturated rings. The molecule has 0 spiro atoms. The summed E-state index contributed by atoms with van der Waals surface area (Å²) < 4.78 is 19.6. The van der Waals surface area contributed by atoms with Crippen LogP contribution in [-0.2, 0) is 20.9 Å². The number of aryl methyl sites for hydroxylation is 2. The molecule has 0 atom stereocenters. The third kappa shape index (κ3) is 5.05. The standard InChI is InChI=1S/C28H37FNO3P/c1-21-17-24(29)18-22(2)26(21)30-27(32)28(13-10-14-28)34(15-8-3-4-9-16-34)20-25(31)33-19-23-11-6-5-7-12-23/h5-7,11-12,17-18,34H,3-4,8-10,13-16,19-20H2,1-2H3,(H,30,32). The van der Waals surface area contributed by atoms with Gasteiger partial charge in [-0.05, 0) is 0 Å². The second kappa shape index (κ2) is 10.6. The van der Waals surface area contributed by atoms with E-state index in [0.29, 0.717) is 11.8 Å². The average molecular weight is 486 g/mol. The maximum atomic E-state index is 14.0. The van der Waals surface area contributed by atoms with E-state index in [9.17, 15) is 14.0 Å². The Morgan fingerprint density at radius 3 is 2.15 bits per heavy atom. The molecule has 34 heavy (non-hydrogen) atoms. The summed E-state index contributed by atoms with van der Waals surface area (Å²) in [6.07, 6.45) is 9.63. The second-order valence-electron chi connectivity index (χ2n) is 10.3. The van der Waals surface area contributed by atoms with Gasteiger partial charge >= 0.3 is 203 Å². The SMILES string of the molecule is Cc1cc(F)cc(C)c1NC(=O)C1([PH]2(CC(=O)OCc3ccccc3)CCCCCC2)CCC1. The van der Waals surface area contributed by atoms with Gasteiger partial charge in [-0.2, -0.15) is 0 Å². The molecule has 1 amide bonds. The van der Waals surface area contributed by atoms with Gasteiger partial charge in [0.25, 0.3) is 0 Å². The first kappa shape index (κ1) is 24.9. The van der Waals surface area contributed by atoms with Crippen molar-refractivity contribution in [2.45, 2.75) is 70.6 Å². The van der Waals surface area contributed by atoms with Gasteiger partial charge in [-0.15, -0.1) is 0 Å². The van der Waals surface area contributed by atoms with Crippen LogP contribution < -0.4 is 5.32 Å². The number of hydrogen-bond acceptors (Lipinski definition) is 3. The third-order valence-electron chi connectivity index (χ3n) is 8.18. The van der Waals surface area contributed by atoms with Crippen molar-refractivity contribution >= 4 is 24.8 Å². The fourth-order valence-electron chi connectivity index (χ4n) is 6.16. The summed E-state index contributed by atoms with van der Waals surface area (Å²) in [7, 11) is -2.32. The summed E-state index contributed by atoms with van der Waals surface area (Å²) in [5.41, 5.74) is 3.16. The number of esters is 1. The Labute approximate surface area is 203 Å². The molecule has 1 saturated heterocycles. The van der Waals surface area contributed by atoms with Crippen molar-refractivity contribution in [1.29, 1.82) is 0 Å². The van der Waals surface area contributed by atoms with Gasteiger partial charge in [-0.3, -0.25) is 0 Å². The maximum absolute atomic E-state index is 14.0. The summed E-state index contributed by atoms with van der Waals surface area (Å²) in [6.45, 7) is 3.94. The van der Waals surface area contributed by atoms with Crippen LogP contribution in [0.4, 0.5) is 10.1 Å². The van der Waals surface area contributed by atoms with Crippen molar-refractivity contribution in [2.24, 2.45) is 0 Å². The van der Waals surface area contributed by atoms with Crippen molar-refractivity contribution < 1.29 is 18.7 Å². The predicted octanol–water partition coefficient (Wildman–Crippen LogP) is 6.37. The topological polar surface area (TPSA) is 55.4 Å². The van der Waals surface area contributed by atoms with Crippen molar-refractivity contribution in [3.63, 3.8) is 0 Å². The van der Waals surface area contributed by atoms with Crippen LogP contribution in [0.25, 0.3) is 0 Å². The van der Waals surface area contributed by atoms with Gasteiger partial charge < -0.3 is 0 Å². The van der Waals surface area contributed by atoms with Gasteiger partial charge in [0.1, 0.15) is 0 Å². The van der Waals surface area contributed by atoms with Gasteiger partial charge in [0.15, 0.2) is 0 Å². The van der Waals surface area contributed by atoms with E-state index in [1.165, 1.54) is 25.0 Å². The van der Waals surface area contributed by atoms with Gasteiger partial charge in [-0.25, -0.2) is 0 Å². The van der Waals surface area contributed by atoms with Gasteiger partial charge in [0.2, 0.25) is 0 Å². The molecule has 0 unspecified atom stereocenters. The van der Waals surface area contributed by atoms with E-state index in [4.69, 9.17) is 4.74 Å². The number of carbonyl (C=O) groups excluding carboxylic acids is 2. The summed E-state index contributed by atoms with van der Waals surface area (Å²) >= 11 is 0. The number of benzene rings is 2. The minimum absolute atomic E-state index is 0.0426. The molecule has 1 saturated carbocycles. The number of carbonyl (C=O) groups is 2. The normalized spacial score (nSPS) is 19.9. The summed E-state index contributed by atoms with van der Waals surface area (Å²) in [5.74, 6) is -0.409. The molecule has 2 aromatic rings. The van der Waals surface area contributed by atoms with E-state index in [-0.39, 0.29) is 24.3 Å². The number of halogens is 1. The Morgan fingerprint density at radius 1 is 0.971 bits per heavy atom. The van der Waals surface area contributed by atoms with E-state index in [1.54, 1.807) is 0 Å². The molecule has 184 valence electrons. The Balaban J connectivity index is 1.58. The van der Waals surface area contributed by atoms with E-state index in [2.05, 4.69) is 5.32 Å². The Bertz CT molecular complexity index is 1000. The monoisotopic (exact) mass is 485 g/mol. The molecule has 2 aromatic carbocycles. The molecule has 1 aliphatic heterocycles. The Morgan fingerprint density at radius 2 is 1.59 bits per heavy atom. The fourth-order valence-corrected chi connectivity index (χ4v) is 12.5. The molecule has 0 radical (unpaired) electrons. The molecule has 0 aromatic heterocycles. The summed E-state index contributed by atoms with van der Waals surface area (Å²) in [4.78, 5) is 27.1. The quantitative estimate of drug-likeness (QED) is 0.366. The number of anilines is 1. The van der Waals surface area contributed by atoms with Crippen molar-refractivity contribution in [1.82, 2.24) is 0 Å². The second-order valence-corrected chi connectivity index (χ2v) is 15.2. The summed E-state index contributed by atoms with van der Waals surface area (Å²) in [6, 6.07) is 12.7. The van der Waals surface area contributed by atoms with Crippen LogP contribution in [0.3, 0.4) is 0 Å². The zero-order chi connectivity index (χ0) is 24.2. The molecule has 2 aliphatic rings. The average Bonchev–Trinajstić information content (AvgIpc) is 3.01. The zero-order valence-corrected chi connectivity index (χ0v) is 21.4. The first-order chi connectivity index (χ1) is 16.4. The fraction of sp³-hybridized carbons (Fsp3) is 0.500. The van der Waals surface area contributed by atoms with Crippen LogP contribution in [0.1, 0.15) is 61.6 Å². The van der Waals surface area contributed by atoms with E-state index >= 15 is 0 Å². The van der Waals surface area contributed by atoms with E-state index < -0.39 is 12.4 Å². The molecule has 1 N–H and O–H groups in total. The molecule has 1 aliphatic carbocycles. The van der Waals surface area contributed by atoms with Gasteiger partial charge in [0.05, 0.1) is 0 Å². The van der Waals surface area contributed by atoms with Crippen LogP contribution in [0, 0.1) is 19.7 Å². The first-order valence-electron chi connectivity index (χ1n) is 12.6. The molecule has 6 heteroatoms. The van der Waals surface area contributed by atoms with Crippen LogP contribution in [0.5, 0.6) is 0 Å². The van der Waals surface area contributed by atoms with Crippen molar-refractivity contribution in [3.05, 3.63) is 65.0 Å². The molecular weight excluding hydrogens is 448 g/mol. The molecule has 4 rings (SSSR count). The molecular formula is C28H37FNO3P. The number of rotatable bonds is 7. The molecule has 0 bridgehead atoms. The van der Waals surface area contributed by atoms with Crippen LogP contribution in [-0.4, -0.2) is 35.5 Å². The van der Waals surface area contributed by atoms with Gasteiger partial charge in [-0.1, -0.05) is 0 Å². The predicted molar refractivity (Wildman–Crippen MR) is 139 cm³/mol. The van der Waals surface area contributed by atoms with E-state index in [1.807, 2.05) is 44.2 Å². The minimum atomic E-state index is -2.32.